The Morgan fingerprint density at radius 1 is 1.19 bits per heavy atom. The van der Waals surface area contributed by atoms with Crippen LogP contribution in [0.5, 0.6) is 5.75 Å². The SMILES string of the molecule is COc1ccc(-c2ccccc2F)n2nc(NC(=O)c3ccc(C)s3)nc12. The largest absolute Gasteiger partial charge is 0.493 e. The molecule has 0 saturated carbocycles. The molecule has 3 heterocycles. The Labute approximate surface area is 158 Å². The molecule has 4 aromatic rings. The first-order valence-corrected chi connectivity index (χ1v) is 8.95. The van der Waals surface area contributed by atoms with Crippen molar-refractivity contribution in [1.29, 1.82) is 0 Å². The van der Waals surface area contributed by atoms with Crippen molar-refractivity contribution in [2.24, 2.45) is 0 Å². The van der Waals surface area contributed by atoms with Gasteiger partial charge in [0, 0.05) is 10.4 Å². The number of carbonyl (C=O) groups excluding carboxylic acids is 1. The molecule has 136 valence electrons. The number of ether oxygens (including phenoxy) is 1. The summed E-state index contributed by atoms with van der Waals surface area (Å²) in [4.78, 5) is 18.3. The first-order valence-electron chi connectivity index (χ1n) is 8.13. The Morgan fingerprint density at radius 3 is 2.70 bits per heavy atom. The number of methoxy groups -OCH3 is 1. The summed E-state index contributed by atoms with van der Waals surface area (Å²) in [6.45, 7) is 1.93. The lowest BCUT2D eigenvalue weighted by atomic mass is 10.1. The van der Waals surface area contributed by atoms with Crippen molar-refractivity contribution < 1.29 is 13.9 Å². The molecule has 0 atom stereocenters. The Hall–Kier alpha value is -3.26. The lowest BCUT2D eigenvalue weighted by Crippen LogP contribution is -2.11. The highest BCUT2D eigenvalue weighted by atomic mass is 32.1. The number of pyridine rings is 1. The van der Waals surface area contributed by atoms with Crippen LogP contribution in [0, 0.1) is 12.7 Å². The molecule has 4 rings (SSSR count). The highest BCUT2D eigenvalue weighted by Gasteiger charge is 2.17. The van der Waals surface area contributed by atoms with Crippen LogP contribution in [0.25, 0.3) is 16.9 Å². The van der Waals surface area contributed by atoms with Crippen molar-refractivity contribution in [2.75, 3.05) is 12.4 Å². The molecule has 0 fully saturated rings. The number of rotatable bonds is 4. The number of anilines is 1. The smallest absolute Gasteiger partial charge is 0.268 e. The Balaban J connectivity index is 1.79. The number of benzene rings is 1. The van der Waals surface area contributed by atoms with Crippen LogP contribution in [0.2, 0.25) is 0 Å². The van der Waals surface area contributed by atoms with Gasteiger partial charge in [0.05, 0.1) is 17.7 Å². The average molecular weight is 382 g/mol. The Bertz CT molecular complexity index is 1150. The van der Waals surface area contributed by atoms with Crippen LogP contribution < -0.4 is 10.1 Å². The molecule has 3 aromatic heterocycles. The van der Waals surface area contributed by atoms with E-state index in [4.69, 9.17) is 4.74 Å². The monoisotopic (exact) mass is 382 g/mol. The number of nitrogens with zero attached hydrogens (tertiary/aromatic N) is 3. The summed E-state index contributed by atoms with van der Waals surface area (Å²) in [6, 6.07) is 13.4. The summed E-state index contributed by atoms with van der Waals surface area (Å²) in [5, 5.41) is 7.03. The highest BCUT2D eigenvalue weighted by molar-refractivity contribution is 7.14. The molecule has 6 nitrogen and oxygen atoms in total. The van der Waals surface area contributed by atoms with Crippen LogP contribution in [0.15, 0.2) is 48.5 Å². The van der Waals surface area contributed by atoms with E-state index >= 15 is 0 Å². The van der Waals surface area contributed by atoms with Gasteiger partial charge in [-0.05, 0) is 43.3 Å². The molecule has 0 bridgehead atoms. The molecule has 0 radical (unpaired) electrons. The fraction of sp³-hybridized carbons (Fsp3) is 0.105. The van der Waals surface area contributed by atoms with Crippen molar-refractivity contribution in [3.8, 4) is 17.0 Å². The van der Waals surface area contributed by atoms with Gasteiger partial charge in [-0.2, -0.15) is 4.98 Å². The van der Waals surface area contributed by atoms with Crippen molar-refractivity contribution in [1.82, 2.24) is 14.6 Å². The molecule has 0 aliphatic carbocycles. The van der Waals surface area contributed by atoms with Crippen molar-refractivity contribution in [3.63, 3.8) is 0 Å². The number of hydrogen-bond donors (Lipinski definition) is 1. The summed E-state index contributed by atoms with van der Waals surface area (Å²) in [5.41, 5.74) is 1.27. The average Bonchev–Trinajstić information content (AvgIpc) is 3.27. The van der Waals surface area contributed by atoms with Gasteiger partial charge in [-0.3, -0.25) is 10.1 Å². The van der Waals surface area contributed by atoms with Crippen LogP contribution in [0.3, 0.4) is 0 Å². The molecule has 0 aliphatic heterocycles. The van der Waals surface area contributed by atoms with Gasteiger partial charge in [0.1, 0.15) is 5.82 Å². The third-order valence-corrected chi connectivity index (χ3v) is 5.01. The lowest BCUT2D eigenvalue weighted by Gasteiger charge is -2.07. The zero-order valence-corrected chi connectivity index (χ0v) is 15.4. The predicted molar refractivity (Wildman–Crippen MR) is 102 cm³/mol. The minimum Gasteiger partial charge on any atom is -0.493 e. The van der Waals surface area contributed by atoms with Crippen LogP contribution >= 0.6 is 11.3 Å². The van der Waals surface area contributed by atoms with Gasteiger partial charge in [0.15, 0.2) is 11.4 Å². The zero-order chi connectivity index (χ0) is 19.0. The normalized spacial score (nSPS) is 10.9. The first-order chi connectivity index (χ1) is 13.1. The fourth-order valence-electron chi connectivity index (χ4n) is 2.74. The minimum atomic E-state index is -0.376. The maximum Gasteiger partial charge on any atom is 0.268 e. The van der Waals surface area contributed by atoms with E-state index in [9.17, 15) is 9.18 Å². The third kappa shape index (κ3) is 3.15. The van der Waals surface area contributed by atoms with Crippen LogP contribution in [-0.4, -0.2) is 27.6 Å². The standard InChI is InChI=1S/C19H15FN4O2S/c1-11-7-10-16(27-11)18(25)22-19-21-17-15(26-2)9-8-14(24(17)23-19)12-5-3-4-6-13(12)20/h3-10H,1-2H3,(H,22,23,25). The van der Waals surface area contributed by atoms with Crippen molar-refractivity contribution in [2.45, 2.75) is 6.92 Å². The van der Waals surface area contributed by atoms with Crippen LogP contribution in [-0.2, 0) is 0 Å². The van der Waals surface area contributed by atoms with E-state index in [1.54, 1.807) is 36.4 Å². The summed E-state index contributed by atoms with van der Waals surface area (Å²) in [5.74, 6) is -0.0854. The summed E-state index contributed by atoms with van der Waals surface area (Å²) >= 11 is 1.38. The molecule has 0 spiro atoms. The van der Waals surface area contributed by atoms with E-state index in [-0.39, 0.29) is 17.7 Å². The second-order valence-electron chi connectivity index (χ2n) is 5.80. The minimum absolute atomic E-state index is 0.119. The summed E-state index contributed by atoms with van der Waals surface area (Å²) < 4.78 is 21.1. The van der Waals surface area contributed by atoms with Crippen molar-refractivity contribution in [3.05, 3.63) is 64.1 Å². The Morgan fingerprint density at radius 2 is 2.00 bits per heavy atom. The van der Waals surface area contributed by atoms with Gasteiger partial charge in [0.2, 0.25) is 5.95 Å². The maximum atomic E-state index is 14.3. The molecule has 27 heavy (non-hydrogen) atoms. The van der Waals surface area contributed by atoms with Gasteiger partial charge < -0.3 is 4.74 Å². The zero-order valence-electron chi connectivity index (χ0n) is 14.6. The second-order valence-corrected chi connectivity index (χ2v) is 7.09. The number of halogens is 1. The van der Waals surface area contributed by atoms with E-state index in [1.807, 2.05) is 13.0 Å². The van der Waals surface area contributed by atoms with E-state index in [0.717, 1.165) is 4.88 Å². The highest BCUT2D eigenvalue weighted by Crippen LogP contribution is 2.28. The number of aryl methyl sites for hydroxylation is 1. The summed E-state index contributed by atoms with van der Waals surface area (Å²) in [6.07, 6.45) is 0. The van der Waals surface area contributed by atoms with Gasteiger partial charge in [-0.1, -0.05) is 12.1 Å². The van der Waals surface area contributed by atoms with E-state index in [0.29, 0.717) is 27.5 Å². The van der Waals surface area contributed by atoms with E-state index in [2.05, 4.69) is 15.4 Å². The molecule has 1 N–H and O–H groups in total. The van der Waals surface area contributed by atoms with Gasteiger partial charge >= 0.3 is 0 Å². The number of aromatic nitrogens is 3. The predicted octanol–water partition coefficient (Wildman–Crippen LogP) is 4.17. The molecular formula is C19H15FN4O2S. The topological polar surface area (TPSA) is 68.5 Å². The van der Waals surface area contributed by atoms with E-state index in [1.165, 1.54) is 29.0 Å². The number of carbonyl (C=O) groups is 1. The number of hydrogen-bond acceptors (Lipinski definition) is 5. The van der Waals surface area contributed by atoms with Gasteiger partial charge in [-0.25, -0.2) is 8.91 Å². The molecule has 1 aromatic carbocycles. The summed E-state index contributed by atoms with van der Waals surface area (Å²) in [7, 11) is 1.51. The van der Waals surface area contributed by atoms with Crippen LogP contribution in [0.4, 0.5) is 10.3 Å². The first kappa shape index (κ1) is 17.2. The number of amides is 1. The van der Waals surface area contributed by atoms with Gasteiger partial charge in [-0.15, -0.1) is 16.4 Å². The molecule has 1 amide bonds. The number of thiophene rings is 1. The fourth-order valence-corrected chi connectivity index (χ4v) is 3.51. The third-order valence-electron chi connectivity index (χ3n) is 4.01. The van der Waals surface area contributed by atoms with Crippen molar-refractivity contribution >= 4 is 28.8 Å². The van der Waals surface area contributed by atoms with Gasteiger partial charge in [0.25, 0.3) is 5.91 Å². The molecule has 0 aliphatic rings. The number of fused-ring (bicyclic) bond motifs is 1. The molecule has 0 unspecified atom stereocenters. The maximum absolute atomic E-state index is 14.3. The molecular weight excluding hydrogens is 367 g/mol. The van der Waals surface area contributed by atoms with E-state index < -0.39 is 0 Å². The molecule has 0 saturated heterocycles. The lowest BCUT2D eigenvalue weighted by molar-refractivity contribution is 0.102. The Kier molecular flexibility index (Phi) is 4.33. The second kappa shape index (κ2) is 6.81. The number of nitrogens with one attached hydrogen (secondary N) is 1. The molecule has 8 heteroatoms. The quantitative estimate of drug-likeness (QED) is 0.575. The van der Waals surface area contributed by atoms with Crippen LogP contribution in [0.1, 0.15) is 14.5 Å².